The molecule has 1 N–H and O–H groups in total. The van der Waals surface area contributed by atoms with Gasteiger partial charge in [0.15, 0.2) is 5.16 Å². The van der Waals surface area contributed by atoms with Crippen molar-refractivity contribution in [2.45, 2.75) is 83.6 Å². The molecule has 1 unspecified atom stereocenters. The molecule has 0 aliphatic carbocycles. The van der Waals surface area contributed by atoms with Crippen LogP contribution in [0.2, 0.25) is 0 Å². The quantitative estimate of drug-likeness (QED) is 0.501. The summed E-state index contributed by atoms with van der Waals surface area (Å²) >= 11 is 2.89. The second-order valence-electron chi connectivity index (χ2n) is 8.19. The third-order valence-corrected chi connectivity index (χ3v) is 7.55. The van der Waals surface area contributed by atoms with Crippen molar-refractivity contribution in [3.63, 3.8) is 0 Å². The molecule has 1 fully saturated rings. The van der Waals surface area contributed by atoms with Gasteiger partial charge in [-0.3, -0.25) is 14.2 Å². The molecule has 0 aromatic carbocycles. The lowest BCUT2D eigenvalue weighted by molar-refractivity contribution is -0.120. The molecule has 3 heterocycles. The molecule has 1 atom stereocenters. The van der Waals surface area contributed by atoms with Crippen LogP contribution in [0.5, 0.6) is 0 Å². The summed E-state index contributed by atoms with van der Waals surface area (Å²) in [7, 11) is 0. The van der Waals surface area contributed by atoms with Gasteiger partial charge in [-0.1, -0.05) is 25.6 Å². The van der Waals surface area contributed by atoms with Crippen molar-refractivity contribution in [1.29, 1.82) is 0 Å². The van der Waals surface area contributed by atoms with Gasteiger partial charge >= 0.3 is 0 Å². The number of thiophene rings is 1. The van der Waals surface area contributed by atoms with Crippen molar-refractivity contribution in [2.75, 3.05) is 12.4 Å². The van der Waals surface area contributed by atoms with E-state index >= 15 is 0 Å². The van der Waals surface area contributed by atoms with E-state index in [9.17, 15) is 9.59 Å². The zero-order valence-corrected chi connectivity index (χ0v) is 19.6. The maximum absolute atomic E-state index is 13.4. The van der Waals surface area contributed by atoms with E-state index in [2.05, 4.69) is 12.2 Å². The van der Waals surface area contributed by atoms with Crippen LogP contribution in [0, 0.1) is 6.92 Å². The molecule has 2 aromatic rings. The number of fused-ring (bicyclic) bond motifs is 1. The predicted octanol–water partition coefficient (Wildman–Crippen LogP) is 3.90. The molecule has 8 heteroatoms. The summed E-state index contributed by atoms with van der Waals surface area (Å²) in [4.78, 5) is 32.6. The smallest absolute Gasteiger partial charge is 0.263 e. The highest BCUT2D eigenvalue weighted by molar-refractivity contribution is 7.99. The maximum Gasteiger partial charge on any atom is 0.263 e. The molecule has 1 amide bonds. The average molecular weight is 438 g/mol. The first-order chi connectivity index (χ1) is 13.8. The van der Waals surface area contributed by atoms with Gasteiger partial charge in [-0.25, -0.2) is 4.98 Å². The number of ether oxygens (including phenoxy) is 1. The average Bonchev–Trinajstić information content (AvgIpc) is 3.29. The van der Waals surface area contributed by atoms with Gasteiger partial charge in [0.2, 0.25) is 5.91 Å². The van der Waals surface area contributed by atoms with E-state index in [1.54, 1.807) is 15.9 Å². The van der Waals surface area contributed by atoms with E-state index in [1.165, 1.54) is 11.8 Å². The van der Waals surface area contributed by atoms with Crippen LogP contribution < -0.4 is 10.9 Å². The molecule has 1 aliphatic rings. The van der Waals surface area contributed by atoms with E-state index in [4.69, 9.17) is 9.72 Å². The number of aromatic nitrogens is 2. The molecule has 0 saturated carbocycles. The second-order valence-corrected chi connectivity index (χ2v) is 10.3. The Morgan fingerprint density at radius 2 is 2.17 bits per heavy atom. The number of hydrogen-bond donors (Lipinski definition) is 1. The number of rotatable bonds is 8. The molecule has 29 heavy (non-hydrogen) atoms. The Kier molecular flexibility index (Phi) is 7.06. The monoisotopic (exact) mass is 437 g/mol. The van der Waals surface area contributed by atoms with Crippen molar-refractivity contribution in [3.05, 3.63) is 20.8 Å². The van der Waals surface area contributed by atoms with Gasteiger partial charge in [0.05, 0.1) is 23.8 Å². The standard InChI is InChI=1S/C21H31N3O3S2/c1-6-15-13(3)29-18-17(15)19(26)24(11-14-9-8-10-27-14)20(22-18)28-12-16(25)23-21(4,5)7-2/h14H,6-12H2,1-5H3,(H,23,25). The van der Waals surface area contributed by atoms with E-state index < -0.39 is 0 Å². The van der Waals surface area contributed by atoms with Gasteiger partial charge in [0, 0.05) is 17.0 Å². The molecule has 6 nitrogen and oxygen atoms in total. The lowest BCUT2D eigenvalue weighted by atomic mass is 10.0. The molecule has 1 saturated heterocycles. The summed E-state index contributed by atoms with van der Waals surface area (Å²) in [6, 6.07) is 0. The number of nitrogens with zero attached hydrogens (tertiary/aromatic N) is 2. The van der Waals surface area contributed by atoms with Crippen LogP contribution >= 0.6 is 23.1 Å². The van der Waals surface area contributed by atoms with Crippen molar-refractivity contribution in [1.82, 2.24) is 14.9 Å². The van der Waals surface area contributed by atoms with Gasteiger partial charge in [-0.15, -0.1) is 11.3 Å². The molecule has 0 spiro atoms. The van der Waals surface area contributed by atoms with Crippen molar-refractivity contribution < 1.29 is 9.53 Å². The maximum atomic E-state index is 13.4. The fraction of sp³-hybridized carbons (Fsp3) is 0.667. The number of carbonyl (C=O) groups is 1. The molecule has 160 valence electrons. The molecular formula is C21H31N3O3S2. The Morgan fingerprint density at radius 1 is 1.41 bits per heavy atom. The fourth-order valence-electron chi connectivity index (χ4n) is 3.55. The van der Waals surface area contributed by atoms with Crippen LogP contribution in [-0.4, -0.2) is 39.5 Å². The van der Waals surface area contributed by atoms with Crippen LogP contribution in [0.15, 0.2) is 9.95 Å². The third kappa shape index (κ3) is 5.03. The van der Waals surface area contributed by atoms with E-state index in [1.807, 2.05) is 27.7 Å². The molecule has 1 aliphatic heterocycles. The lowest BCUT2D eigenvalue weighted by Gasteiger charge is -2.24. The SMILES string of the molecule is CCc1c(C)sc2nc(SCC(=O)NC(C)(C)CC)n(CC3CCCO3)c(=O)c12. The van der Waals surface area contributed by atoms with Crippen LogP contribution in [-0.2, 0) is 22.5 Å². The summed E-state index contributed by atoms with van der Waals surface area (Å²) in [6.45, 7) is 11.4. The zero-order valence-electron chi connectivity index (χ0n) is 18.0. The first kappa shape index (κ1) is 22.3. The fourth-order valence-corrected chi connectivity index (χ4v) is 5.52. The van der Waals surface area contributed by atoms with Crippen LogP contribution in [0.25, 0.3) is 10.2 Å². The highest BCUT2D eigenvalue weighted by Gasteiger charge is 2.24. The first-order valence-corrected chi connectivity index (χ1v) is 12.1. The lowest BCUT2D eigenvalue weighted by Crippen LogP contribution is -2.43. The number of carbonyl (C=O) groups excluding carboxylic acids is 1. The number of thioether (sulfide) groups is 1. The zero-order chi connectivity index (χ0) is 21.2. The van der Waals surface area contributed by atoms with Crippen molar-refractivity contribution >= 4 is 39.2 Å². The largest absolute Gasteiger partial charge is 0.376 e. The molecule has 0 bridgehead atoms. The van der Waals surface area contributed by atoms with Gasteiger partial charge in [-0.05, 0) is 52.0 Å². The van der Waals surface area contributed by atoms with Crippen LogP contribution in [0.1, 0.15) is 57.4 Å². The van der Waals surface area contributed by atoms with Gasteiger partial charge in [0.1, 0.15) is 4.83 Å². The summed E-state index contributed by atoms with van der Waals surface area (Å²) in [5.41, 5.74) is 0.832. The molecular weight excluding hydrogens is 406 g/mol. The normalized spacial score (nSPS) is 17.2. The second kappa shape index (κ2) is 9.18. The van der Waals surface area contributed by atoms with E-state index in [-0.39, 0.29) is 28.9 Å². The topological polar surface area (TPSA) is 73.2 Å². The van der Waals surface area contributed by atoms with Gasteiger partial charge in [-0.2, -0.15) is 0 Å². The Labute approximate surface area is 180 Å². The Morgan fingerprint density at radius 3 is 2.79 bits per heavy atom. The summed E-state index contributed by atoms with van der Waals surface area (Å²) in [6.07, 6.45) is 3.66. The predicted molar refractivity (Wildman–Crippen MR) is 120 cm³/mol. The number of hydrogen-bond acceptors (Lipinski definition) is 6. The Balaban J connectivity index is 1.93. The van der Waals surface area contributed by atoms with E-state index in [0.29, 0.717) is 11.7 Å². The molecule has 0 radical (unpaired) electrons. The van der Waals surface area contributed by atoms with Crippen molar-refractivity contribution in [2.24, 2.45) is 0 Å². The highest BCUT2D eigenvalue weighted by Crippen LogP contribution is 2.30. The Hall–Kier alpha value is -1.38. The number of aryl methyl sites for hydroxylation is 2. The number of amides is 1. The van der Waals surface area contributed by atoms with Gasteiger partial charge < -0.3 is 10.1 Å². The molecule has 3 rings (SSSR count). The number of nitrogens with one attached hydrogen (secondary N) is 1. The highest BCUT2D eigenvalue weighted by atomic mass is 32.2. The minimum atomic E-state index is -0.243. The minimum absolute atomic E-state index is 0.0107. The first-order valence-electron chi connectivity index (χ1n) is 10.3. The van der Waals surface area contributed by atoms with Crippen molar-refractivity contribution in [3.8, 4) is 0 Å². The molecule has 2 aromatic heterocycles. The van der Waals surface area contributed by atoms with Gasteiger partial charge in [0.25, 0.3) is 5.56 Å². The summed E-state index contributed by atoms with van der Waals surface area (Å²) in [5.74, 6) is 0.189. The Bertz CT molecular complexity index is 943. The summed E-state index contributed by atoms with van der Waals surface area (Å²) in [5, 5.41) is 4.38. The minimum Gasteiger partial charge on any atom is -0.376 e. The van der Waals surface area contributed by atoms with Crippen LogP contribution in [0.3, 0.4) is 0 Å². The summed E-state index contributed by atoms with van der Waals surface area (Å²) < 4.78 is 7.50. The third-order valence-electron chi connectivity index (χ3n) is 5.54. The van der Waals surface area contributed by atoms with E-state index in [0.717, 1.165) is 52.9 Å². The van der Waals surface area contributed by atoms with Crippen LogP contribution in [0.4, 0.5) is 0 Å².